The van der Waals surface area contributed by atoms with E-state index in [1.165, 1.54) is 12.8 Å². The van der Waals surface area contributed by atoms with Gasteiger partial charge in [-0.05, 0) is 44.0 Å². The van der Waals surface area contributed by atoms with Gasteiger partial charge >= 0.3 is 0 Å². The molecule has 0 heterocycles. The molecule has 0 amide bonds. The average Bonchev–Trinajstić information content (AvgIpc) is 2.88. The van der Waals surface area contributed by atoms with E-state index in [1.807, 2.05) is 32.4 Å². The Morgan fingerprint density at radius 1 is 1.26 bits per heavy atom. The summed E-state index contributed by atoms with van der Waals surface area (Å²) < 4.78 is 5.86. The highest BCUT2D eigenvalue weighted by molar-refractivity contribution is 6.36. The summed E-state index contributed by atoms with van der Waals surface area (Å²) in [6.07, 6.45) is 5.43. The van der Waals surface area contributed by atoms with E-state index < -0.39 is 0 Å². The number of nitrogens with one attached hydrogen (secondary N) is 1. The molecule has 1 unspecified atom stereocenters. The van der Waals surface area contributed by atoms with Gasteiger partial charge in [0.25, 0.3) is 0 Å². The SMILES string of the molecule is CNC(Cc1c(Cl)cccc1Cl)C1(OC)CCCC1. The lowest BCUT2D eigenvalue weighted by Gasteiger charge is -2.36. The molecule has 19 heavy (non-hydrogen) atoms. The lowest BCUT2D eigenvalue weighted by atomic mass is 9.87. The maximum Gasteiger partial charge on any atom is 0.0834 e. The van der Waals surface area contributed by atoms with Gasteiger partial charge in [0.05, 0.1) is 5.60 Å². The lowest BCUT2D eigenvalue weighted by molar-refractivity contribution is -0.0336. The molecule has 0 saturated heterocycles. The molecule has 106 valence electrons. The molecule has 1 fully saturated rings. The number of hydrogen-bond donors (Lipinski definition) is 1. The Hall–Kier alpha value is -0.280. The quantitative estimate of drug-likeness (QED) is 0.885. The third kappa shape index (κ3) is 3.08. The summed E-state index contributed by atoms with van der Waals surface area (Å²) in [5, 5.41) is 4.86. The normalized spacial score (nSPS) is 19.6. The largest absolute Gasteiger partial charge is 0.377 e. The van der Waals surface area contributed by atoms with Crippen molar-refractivity contribution in [1.29, 1.82) is 0 Å². The van der Waals surface area contributed by atoms with E-state index in [2.05, 4.69) is 5.32 Å². The van der Waals surface area contributed by atoms with Crippen molar-refractivity contribution in [2.75, 3.05) is 14.2 Å². The van der Waals surface area contributed by atoms with Crippen LogP contribution in [0.15, 0.2) is 18.2 Å². The highest BCUT2D eigenvalue weighted by Crippen LogP contribution is 2.38. The van der Waals surface area contributed by atoms with Crippen LogP contribution in [0.5, 0.6) is 0 Å². The second-order valence-electron chi connectivity index (χ2n) is 5.22. The smallest absolute Gasteiger partial charge is 0.0834 e. The van der Waals surface area contributed by atoms with Crippen molar-refractivity contribution in [1.82, 2.24) is 5.32 Å². The zero-order valence-corrected chi connectivity index (χ0v) is 13.0. The summed E-state index contributed by atoms with van der Waals surface area (Å²) in [7, 11) is 3.79. The van der Waals surface area contributed by atoms with Crippen molar-refractivity contribution in [3.8, 4) is 0 Å². The summed E-state index contributed by atoms with van der Waals surface area (Å²) in [5.74, 6) is 0. The van der Waals surface area contributed by atoms with Crippen LogP contribution >= 0.6 is 23.2 Å². The van der Waals surface area contributed by atoms with Crippen LogP contribution in [0, 0.1) is 0 Å². The minimum atomic E-state index is -0.0861. The molecule has 0 bridgehead atoms. The first-order valence-corrected chi connectivity index (χ1v) is 7.54. The Morgan fingerprint density at radius 3 is 2.32 bits per heavy atom. The van der Waals surface area contributed by atoms with Crippen LogP contribution in [-0.4, -0.2) is 25.8 Å². The van der Waals surface area contributed by atoms with Crippen LogP contribution in [0.3, 0.4) is 0 Å². The molecule has 1 aromatic carbocycles. The van der Waals surface area contributed by atoms with E-state index >= 15 is 0 Å². The Bertz CT molecular complexity index is 410. The van der Waals surface area contributed by atoms with Crippen molar-refractivity contribution < 1.29 is 4.74 Å². The van der Waals surface area contributed by atoms with Crippen LogP contribution in [0.2, 0.25) is 10.0 Å². The summed E-state index contributed by atoms with van der Waals surface area (Å²) in [6.45, 7) is 0. The van der Waals surface area contributed by atoms with Gasteiger partial charge in [-0.25, -0.2) is 0 Å². The van der Waals surface area contributed by atoms with Gasteiger partial charge in [-0.3, -0.25) is 0 Å². The van der Waals surface area contributed by atoms with Gasteiger partial charge in [0.2, 0.25) is 0 Å². The monoisotopic (exact) mass is 301 g/mol. The van der Waals surface area contributed by atoms with Crippen LogP contribution in [0.1, 0.15) is 31.2 Å². The average molecular weight is 302 g/mol. The first-order chi connectivity index (χ1) is 9.13. The molecule has 1 N–H and O–H groups in total. The maximum atomic E-state index is 6.27. The number of likely N-dealkylation sites (N-methyl/N-ethyl adjacent to an activating group) is 1. The van der Waals surface area contributed by atoms with Crippen LogP contribution < -0.4 is 5.32 Å². The Labute approximate surface area is 125 Å². The minimum Gasteiger partial charge on any atom is -0.377 e. The lowest BCUT2D eigenvalue weighted by Crippen LogP contribution is -2.50. The Kier molecular flexibility index (Phi) is 5.13. The fourth-order valence-corrected chi connectivity index (χ4v) is 3.70. The third-order valence-electron chi connectivity index (χ3n) is 4.31. The molecule has 4 heteroatoms. The first-order valence-electron chi connectivity index (χ1n) is 6.78. The van der Waals surface area contributed by atoms with Gasteiger partial charge in [0.1, 0.15) is 0 Å². The van der Waals surface area contributed by atoms with Crippen molar-refractivity contribution in [2.45, 2.75) is 43.7 Å². The molecule has 1 atom stereocenters. The molecule has 1 aliphatic carbocycles. The minimum absolute atomic E-state index is 0.0861. The molecule has 0 aromatic heterocycles. The summed E-state index contributed by atoms with van der Waals surface area (Å²) >= 11 is 12.5. The molecular formula is C15H21Cl2NO. The van der Waals surface area contributed by atoms with Gasteiger partial charge in [0, 0.05) is 23.2 Å². The molecule has 0 spiro atoms. The maximum absolute atomic E-state index is 6.27. The first kappa shape index (κ1) is 15.1. The Balaban J connectivity index is 2.24. The standard InChI is InChI=1S/C15H21Cl2NO/c1-18-14(15(19-2)8-3-4-9-15)10-11-12(16)6-5-7-13(11)17/h5-7,14,18H,3-4,8-10H2,1-2H3. The molecule has 1 aliphatic rings. The molecular weight excluding hydrogens is 281 g/mol. The highest BCUT2D eigenvalue weighted by atomic mass is 35.5. The number of halogens is 2. The van der Waals surface area contributed by atoms with E-state index in [0.717, 1.165) is 34.9 Å². The van der Waals surface area contributed by atoms with Crippen molar-refractivity contribution in [3.63, 3.8) is 0 Å². The number of benzene rings is 1. The second-order valence-corrected chi connectivity index (χ2v) is 6.04. The third-order valence-corrected chi connectivity index (χ3v) is 5.02. The summed E-state index contributed by atoms with van der Waals surface area (Å²) in [4.78, 5) is 0. The molecule has 0 aliphatic heterocycles. The van der Waals surface area contributed by atoms with E-state index in [0.29, 0.717) is 0 Å². The van der Waals surface area contributed by atoms with E-state index in [-0.39, 0.29) is 11.6 Å². The van der Waals surface area contributed by atoms with Crippen molar-refractivity contribution in [2.24, 2.45) is 0 Å². The van der Waals surface area contributed by atoms with Crippen LogP contribution in [0.4, 0.5) is 0 Å². The predicted octanol–water partition coefficient (Wildman–Crippen LogP) is 4.08. The van der Waals surface area contributed by atoms with Gasteiger partial charge in [-0.1, -0.05) is 42.1 Å². The molecule has 1 saturated carbocycles. The fourth-order valence-electron chi connectivity index (χ4n) is 3.15. The zero-order chi connectivity index (χ0) is 13.9. The predicted molar refractivity (Wildman–Crippen MR) is 81.2 cm³/mol. The topological polar surface area (TPSA) is 21.3 Å². The fraction of sp³-hybridized carbons (Fsp3) is 0.600. The van der Waals surface area contributed by atoms with Gasteiger partial charge in [-0.15, -0.1) is 0 Å². The van der Waals surface area contributed by atoms with Gasteiger partial charge in [0.15, 0.2) is 0 Å². The molecule has 2 rings (SSSR count). The number of rotatable bonds is 5. The van der Waals surface area contributed by atoms with E-state index in [9.17, 15) is 0 Å². The zero-order valence-electron chi connectivity index (χ0n) is 11.5. The summed E-state index contributed by atoms with van der Waals surface area (Å²) in [6, 6.07) is 5.90. The number of hydrogen-bond acceptors (Lipinski definition) is 2. The molecule has 1 aromatic rings. The number of methoxy groups -OCH3 is 1. The van der Waals surface area contributed by atoms with Crippen molar-refractivity contribution in [3.05, 3.63) is 33.8 Å². The second kappa shape index (κ2) is 6.45. The molecule has 2 nitrogen and oxygen atoms in total. The van der Waals surface area contributed by atoms with Crippen molar-refractivity contribution >= 4 is 23.2 Å². The van der Waals surface area contributed by atoms with Crippen LogP contribution in [0.25, 0.3) is 0 Å². The van der Waals surface area contributed by atoms with Gasteiger partial charge < -0.3 is 10.1 Å². The van der Waals surface area contributed by atoms with E-state index in [1.54, 1.807) is 0 Å². The molecule has 0 radical (unpaired) electrons. The Morgan fingerprint density at radius 2 is 1.84 bits per heavy atom. The number of ether oxygens (including phenoxy) is 1. The van der Waals surface area contributed by atoms with E-state index in [4.69, 9.17) is 27.9 Å². The van der Waals surface area contributed by atoms with Gasteiger partial charge in [-0.2, -0.15) is 0 Å². The van der Waals surface area contributed by atoms with Crippen LogP contribution in [-0.2, 0) is 11.2 Å². The summed E-state index contributed by atoms with van der Waals surface area (Å²) in [5.41, 5.74) is 0.922. The highest BCUT2D eigenvalue weighted by Gasteiger charge is 2.41.